The van der Waals surface area contributed by atoms with Gasteiger partial charge in [0.05, 0.1) is 16.5 Å². The second kappa shape index (κ2) is 11.0. The Morgan fingerprint density at radius 1 is 1.12 bits per heavy atom. The van der Waals surface area contributed by atoms with Crippen molar-refractivity contribution in [2.24, 2.45) is 0 Å². The first kappa shape index (κ1) is 24.9. The maximum Gasteiger partial charge on any atom is 0.272 e. The number of anilines is 1. The Kier molecular flexibility index (Phi) is 8.04. The third kappa shape index (κ3) is 6.21. The van der Waals surface area contributed by atoms with Crippen LogP contribution in [0.2, 0.25) is 5.02 Å². The molecule has 3 aromatic rings. The fourth-order valence-corrected chi connectivity index (χ4v) is 3.65. The highest BCUT2D eigenvalue weighted by molar-refractivity contribution is 9.10. The highest BCUT2D eigenvalue weighted by Crippen LogP contribution is 2.26. The highest BCUT2D eigenvalue weighted by Gasteiger charge is 2.17. The smallest absolute Gasteiger partial charge is 0.272 e. The van der Waals surface area contributed by atoms with Crippen LogP contribution in [0.15, 0.2) is 70.8 Å². The van der Waals surface area contributed by atoms with Gasteiger partial charge in [-0.15, -0.1) is 0 Å². The summed E-state index contributed by atoms with van der Waals surface area (Å²) in [7, 11) is 1.50. The number of non-ortho nitro benzene ring substituents is 1. The fourth-order valence-electron chi connectivity index (χ4n) is 2.92. The van der Waals surface area contributed by atoms with Crippen LogP contribution in [0.3, 0.4) is 0 Å². The molecule has 8 nitrogen and oxygen atoms in total. The Morgan fingerprint density at radius 2 is 1.88 bits per heavy atom. The number of nitro benzene ring substituents is 1. The number of nitrogens with zero attached hydrogens (tertiary/aromatic N) is 1. The zero-order valence-electron chi connectivity index (χ0n) is 18.1. The lowest BCUT2D eigenvalue weighted by Crippen LogP contribution is -2.30. The molecular formula is C24H19BrClN3O5. The topological polar surface area (TPSA) is 111 Å². The Labute approximate surface area is 208 Å². The molecule has 0 atom stereocenters. The van der Waals surface area contributed by atoms with E-state index in [1.165, 1.54) is 31.4 Å². The molecule has 3 rings (SSSR count). The van der Waals surface area contributed by atoms with Crippen LogP contribution in [0.5, 0.6) is 5.75 Å². The molecule has 10 heteroatoms. The summed E-state index contributed by atoms with van der Waals surface area (Å²) in [5.74, 6) is -0.651. The Bertz CT molecular complexity index is 1310. The van der Waals surface area contributed by atoms with Crippen LogP contribution >= 0.6 is 27.5 Å². The van der Waals surface area contributed by atoms with E-state index in [1.807, 2.05) is 6.92 Å². The number of hydrogen-bond donors (Lipinski definition) is 2. The molecule has 0 spiro atoms. The molecular weight excluding hydrogens is 526 g/mol. The Hall–Kier alpha value is -3.69. The monoisotopic (exact) mass is 543 g/mol. The zero-order valence-corrected chi connectivity index (χ0v) is 20.4. The number of halogens is 2. The van der Waals surface area contributed by atoms with E-state index in [0.717, 1.165) is 5.56 Å². The van der Waals surface area contributed by atoms with E-state index >= 15 is 0 Å². The Balaban J connectivity index is 1.95. The van der Waals surface area contributed by atoms with Crippen LogP contribution in [0.4, 0.5) is 11.4 Å². The minimum absolute atomic E-state index is 0.117. The third-order valence-electron chi connectivity index (χ3n) is 4.73. The van der Waals surface area contributed by atoms with Gasteiger partial charge in [0.2, 0.25) is 0 Å². The summed E-state index contributed by atoms with van der Waals surface area (Å²) in [4.78, 5) is 36.6. The molecule has 0 fully saturated rings. The van der Waals surface area contributed by atoms with Crippen LogP contribution in [0, 0.1) is 17.0 Å². The summed E-state index contributed by atoms with van der Waals surface area (Å²) < 4.78 is 5.73. The molecule has 174 valence electrons. The van der Waals surface area contributed by atoms with Crippen molar-refractivity contribution in [1.29, 1.82) is 0 Å². The maximum atomic E-state index is 13.1. The summed E-state index contributed by atoms with van der Waals surface area (Å²) in [5, 5.41) is 16.9. The lowest BCUT2D eigenvalue weighted by atomic mass is 10.1. The Morgan fingerprint density at radius 3 is 2.53 bits per heavy atom. The van der Waals surface area contributed by atoms with Gasteiger partial charge in [-0.2, -0.15) is 0 Å². The van der Waals surface area contributed by atoms with Crippen molar-refractivity contribution >= 4 is 56.8 Å². The number of nitro groups is 1. The van der Waals surface area contributed by atoms with Gasteiger partial charge in [-0.05, 0) is 70.4 Å². The fraction of sp³-hybridized carbons (Fsp3) is 0.0833. The standard InChI is InChI=1S/C24H19BrClN3O5/c1-14-6-8-17(13-20(14)26)27-24(31)21(11-15-4-3-5-18(10-15)29(32)33)28-23(30)16-7-9-22(34-2)19(25)12-16/h3-13H,1-2H3,(H,27,31)(H,28,30)/b21-11-. The number of carbonyl (C=O) groups excluding carboxylic acids is 2. The molecule has 0 aliphatic carbocycles. The molecule has 34 heavy (non-hydrogen) atoms. The van der Waals surface area contributed by atoms with E-state index in [0.29, 0.717) is 26.5 Å². The number of amides is 2. The first-order valence-corrected chi connectivity index (χ1v) is 11.0. The van der Waals surface area contributed by atoms with Crippen molar-refractivity contribution in [2.45, 2.75) is 6.92 Å². The first-order chi connectivity index (χ1) is 16.2. The second-order valence-corrected chi connectivity index (χ2v) is 8.39. The molecule has 0 unspecified atom stereocenters. The van der Waals surface area contributed by atoms with E-state index < -0.39 is 16.7 Å². The van der Waals surface area contributed by atoms with Crippen molar-refractivity contribution < 1.29 is 19.2 Å². The van der Waals surface area contributed by atoms with Gasteiger partial charge in [0.1, 0.15) is 11.4 Å². The van der Waals surface area contributed by atoms with Gasteiger partial charge in [0.25, 0.3) is 17.5 Å². The quantitative estimate of drug-likeness (QED) is 0.224. The van der Waals surface area contributed by atoms with Gasteiger partial charge in [0, 0.05) is 28.4 Å². The number of methoxy groups -OCH3 is 1. The predicted molar refractivity (Wildman–Crippen MR) is 134 cm³/mol. The molecule has 3 aromatic carbocycles. The molecule has 2 N–H and O–H groups in total. The molecule has 0 heterocycles. The third-order valence-corrected chi connectivity index (χ3v) is 5.76. The summed E-state index contributed by atoms with van der Waals surface area (Å²) in [6.45, 7) is 1.83. The first-order valence-electron chi connectivity index (χ1n) is 9.86. The van der Waals surface area contributed by atoms with Crippen molar-refractivity contribution in [3.8, 4) is 5.75 Å². The normalized spacial score (nSPS) is 11.0. The molecule has 0 aliphatic heterocycles. The molecule has 0 aliphatic rings. The number of rotatable bonds is 7. The van der Waals surface area contributed by atoms with E-state index in [2.05, 4.69) is 26.6 Å². The number of benzene rings is 3. The van der Waals surface area contributed by atoms with Gasteiger partial charge in [0.15, 0.2) is 0 Å². The molecule has 2 amide bonds. The second-order valence-electron chi connectivity index (χ2n) is 7.13. The number of hydrogen-bond acceptors (Lipinski definition) is 5. The molecule has 0 aromatic heterocycles. The van der Waals surface area contributed by atoms with E-state index in [4.69, 9.17) is 16.3 Å². The summed E-state index contributed by atoms with van der Waals surface area (Å²) >= 11 is 9.47. The molecule has 0 saturated carbocycles. The maximum absolute atomic E-state index is 13.1. The highest BCUT2D eigenvalue weighted by atomic mass is 79.9. The summed E-state index contributed by atoms with van der Waals surface area (Å²) in [5.41, 5.74) is 1.62. The summed E-state index contributed by atoms with van der Waals surface area (Å²) in [6.07, 6.45) is 1.36. The van der Waals surface area contributed by atoms with Crippen LogP contribution in [0.1, 0.15) is 21.5 Å². The van der Waals surface area contributed by atoms with Crippen molar-refractivity contribution in [1.82, 2.24) is 5.32 Å². The van der Waals surface area contributed by atoms with Crippen LogP contribution < -0.4 is 15.4 Å². The van der Waals surface area contributed by atoms with Gasteiger partial charge in [-0.25, -0.2) is 0 Å². The van der Waals surface area contributed by atoms with E-state index in [-0.39, 0.29) is 16.9 Å². The van der Waals surface area contributed by atoms with Gasteiger partial charge in [-0.1, -0.05) is 29.8 Å². The molecule has 0 radical (unpaired) electrons. The van der Waals surface area contributed by atoms with E-state index in [9.17, 15) is 19.7 Å². The van der Waals surface area contributed by atoms with Crippen LogP contribution in [-0.2, 0) is 4.79 Å². The lowest BCUT2D eigenvalue weighted by Gasteiger charge is -2.13. The average Bonchev–Trinajstić information content (AvgIpc) is 2.81. The average molecular weight is 545 g/mol. The van der Waals surface area contributed by atoms with Crippen molar-refractivity contribution in [3.05, 3.63) is 103 Å². The SMILES string of the molecule is COc1ccc(C(=O)N/C(=C\c2cccc([N+](=O)[O-])c2)C(=O)Nc2ccc(C)c(Cl)c2)cc1Br. The van der Waals surface area contributed by atoms with Gasteiger partial charge >= 0.3 is 0 Å². The van der Waals surface area contributed by atoms with Crippen LogP contribution in [-0.4, -0.2) is 23.8 Å². The predicted octanol–water partition coefficient (Wildman–Crippen LogP) is 5.74. The largest absolute Gasteiger partial charge is 0.496 e. The summed E-state index contributed by atoms with van der Waals surface area (Å²) in [6, 6.07) is 15.4. The lowest BCUT2D eigenvalue weighted by molar-refractivity contribution is -0.384. The number of aryl methyl sites for hydroxylation is 1. The zero-order chi connectivity index (χ0) is 24.8. The number of carbonyl (C=O) groups is 2. The minimum Gasteiger partial charge on any atom is -0.496 e. The molecule has 0 bridgehead atoms. The van der Waals surface area contributed by atoms with E-state index in [1.54, 1.807) is 42.5 Å². The van der Waals surface area contributed by atoms with Crippen LogP contribution in [0.25, 0.3) is 6.08 Å². The number of ether oxygens (including phenoxy) is 1. The number of nitrogens with one attached hydrogen (secondary N) is 2. The van der Waals surface area contributed by atoms with Crippen molar-refractivity contribution in [2.75, 3.05) is 12.4 Å². The molecule has 0 saturated heterocycles. The van der Waals surface area contributed by atoms with Gasteiger partial charge < -0.3 is 15.4 Å². The van der Waals surface area contributed by atoms with Gasteiger partial charge in [-0.3, -0.25) is 19.7 Å². The minimum atomic E-state index is -0.632. The van der Waals surface area contributed by atoms with Crippen molar-refractivity contribution in [3.63, 3.8) is 0 Å².